The number of likely N-dealkylation sites (tertiary alicyclic amines) is 1. The van der Waals surface area contributed by atoms with Crippen molar-refractivity contribution in [1.29, 1.82) is 0 Å². The maximum absolute atomic E-state index is 13.3. The lowest BCUT2D eigenvalue weighted by atomic mass is 9.98. The molecule has 2 amide bonds. The van der Waals surface area contributed by atoms with Gasteiger partial charge in [0.05, 0.1) is 5.69 Å². The van der Waals surface area contributed by atoms with Crippen molar-refractivity contribution in [3.8, 4) is 0 Å². The minimum Gasteiger partial charge on any atom is -0.387 e. The maximum atomic E-state index is 13.3. The van der Waals surface area contributed by atoms with Crippen molar-refractivity contribution in [3.63, 3.8) is 0 Å². The van der Waals surface area contributed by atoms with Gasteiger partial charge >= 0.3 is 0 Å². The zero-order valence-electron chi connectivity index (χ0n) is 26.7. The number of nitrogens with two attached hydrogens (primary N) is 1. The Hall–Kier alpha value is -4.23. The third kappa shape index (κ3) is 8.44. The summed E-state index contributed by atoms with van der Waals surface area (Å²) in [4.78, 5) is 35.5. The van der Waals surface area contributed by atoms with Gasteiger partial charge in [-0.3, -0.25) is 14.5 Å². The molecule has 0 saturated carbocycles. The zero-order valence-corrected chi connectivity index (χ0v) is 26.7. The molecule has 3 N–H and O–H groups in total. The first-order valence-electron chi connectivity index (χ1n) is 16.1. The Morgan fingerprint density at radius 3 is 2.45 bits per heavy atom. The molecule has 232 valence electrons. The predicted molar refractivity (Wildman–Crippen MR) is 182 cm³/mol. The van der Waals surface area contributed by atoms with E-state index in [1.807, 2.05) is 43.0 Å². The average Bonchev–Trinajstić information content (AvgIpc) is 3.43. The number of benzene rings is 3. The molecule has 1 unspecified atom stereocenters. The fourth-order valence-electron chi connectivity index (χ4n) is 5.89. The van der Waals surface area contributed by atoms with Gasteiger partial charge in [-0.05, 0) is 73.2 Å². The second kappa shape index (κ2) is 16.0. The van der Waals surface area contributed by atoms with E-state index in [1.54, 1.807) is 12.1 Å². The van der Waals surface area contributed by atoms with Gasteiger partial charge in [-0.1, -0.05) is 76.2 Å². The summed E-state index contributed by atoms with van der Waals surface area (Å²) in [6.07, 6.45) is 5.05. The van der Waals surface area contributed by atoms with E-state index >= 15 is 0 Å². The molecule has 2 heterocycles. The van der Waals surface area contributed by atoms with Crippen LogP contribution >= 0.6 is 0 Å². The molecule has 1 atom stereocenters. The van der Waals surface area contributed by atoms with E-state index < -0.39 is 0 Å². The van der Waals surface area contributed by atoms with Crippen molar-refractivity contribution in [2.24, 2.45) is 10.7 Å². The lowest BCUT2D eigenvalue weighted by molar-refractivity contribution is -0.127. The molecule has 0 aliphatic carbocycles. The van der Waals surface area contributed by atoms with Crippen LogP contribution in [0.25, 0.3) is 6.08 Å². The molecule has 3 aromatic carbocycles. The topological polar surface area (TPSA) is 91.0 Å². The largest absolute Gasteiger partial charge is 0.387 e. The Bertz CT molecular complexity index is 1470. The summed E-state index contributed by atoms with van der Waals surface area (Å²) in [7, 11) is 0. The summed E-state index contributed by atoms with van der Waals surface area (Å²) in [6.45, 7) is 12.6. The Morgan fingerprint density at radius 1 is 0.977 bits per heavy atom. The van der Waals surface area contributed by atoms with Gasteiger partial charge in [0.2, 0.25) is 5.91 Å². The molecule has 2 aliphatic rings. The van der Waals surface area contributed by atoms with Crippen LogP contribution in [0, 0.1) is 0 Å². The monoisotopic (exact) mass is 593 g/mol. The van der Waals surface area contributed by atoms with Crippen LogP contribution in [-0.2, 0) is 11.3 Å². The maximum Gasteiger partial charge on any atom is 0.255 e. The molecule has 7 heteroatoms. The highest BCUT2D eigenvalue weighted by atomic mass is 16.2. The molecule has 1 fully saturated rings. The van der Waals surface area contributed by atoms with Crippen LogP contribution in [0.4, 0.5) is 11.4 Å². The van der Waals surface area contributed by atoms with Crippen molar-refractivity contribution in [2.45, 2.75) is 65.8 Å². The quantitative estimate of drug-likeness (QED) is 0.257. The average molecular weight is 594 g/mol. The number of carbonyl (C=O) groups excluding carboxylic acids is 2. The Kier molecular flexibility index (Phi) is 11.9. The van der Waals surface area contributed by atoms with E-state index in [0.717, 1.165) is 50.1 Å². The van der Waals surface area contributed by atoms with Crippen molar-refractivity contribution >= 4 is 35.1 Å². The summed E-state index contributed by atoms with van der Waals surface area (Å²) < 4.78 is 0. The van der Waals surface area contributed by atoms with Crippen LogP contribution in [0.15, 0.2) is 83.4 Å². The normalized spacial score (nSPS) is 16.0. The molecule has 2 aliphatic heterocycles. The Labute approximate surface area is 262 Å². The number of aliphatic imine (C=N–C) groups is 1. The highest BCUT2D eigenvalue weighted by Gasteiger charge is 2.25. The number of hydrogen-bond acceptors (Lipinski definition) is 5. The molecule has 0 bridgehead atoms. The molecule has 0 aromatic heterocycles. The highest BCUT2D eigenvalue weighted by Crippen LogP contribution is 2.31. The first-order valence-corrected chi connectivity index (χ1v) is 16.1. The summed E-state index contributed by atoms with van der Waals surface area (Å²) in [5, 5.41) is 3.07. The molecule has 1 saturated heterocycles. The molecular formula is C37H47N5O2. The van der Waals surface area contributed by atoms with E-state index in [1.165, 1.54) is 11.1 Å². The minimum atomic E-state index is -0.206. The molecule has 7 nitrogen and oxygen atoms in total. The highest BCUT2D eigenvalue weighted by molar-refractivity contribution is 6.08. The lowest BCUT2D eigenvalue weighted by Crippen LogP contribution is -2.34. The Morgan fingerprint density at radius 2 is 1.73 bits per heavy atom. The number of carbonyl (C=O) groups is 2. The summed E-state index contributed by atoms with van der Waals surface area (Å²) >= 11 is 0. The number of amides is 2. The molecule has 44 heavy (non-hydrogen) atoms. The van der Waals surface area contributed by atoms with Gasteiger partial charge in [0.1, 0.15) is 5.84 Å². The zero-order chi connectivity index (χ0) is 31.5. The van der Waals surface area contributed by atoms with Gasteiger partial charge in [0, 0.05) is 55.0 Å². The lowest BCUT2D eigenvalue weighted by Gasteiger charge is -2.22. The molecule has 5 rings (SSSR count). The molecule has 0 spiro atoms. The van der Waals surface area contributed by atoms with Gasteiger partial charge in [-0.25, -0.2) is 4.99 Å². The standard InChI is InChI=1S/C35H41N5O2.C2H6/c1-3-16-40(17-4-2)35(42)30-19-27-13-14-28(21-32(27)38-33(36)22-30)34(41)37-31-12-8-11-26(20-31)29-15-18-39(24-29)23-25-9-6-5-7-10-25;1-2/h5-14,19-21,29H,3-4,15-18,22-24H2,1-2H3,(H2,36,38)(H,37,41);1-2H3. The van der Waals surface area contributed by atoms with Crippen LogP contribution < -0.4 is 11.1 Å². The fourth-order valence-corrected chi connectivity index (χ4v) is 5.89. The van der Waals surface area contributed by atoms with E-state index in [0.29, 0.717) is 41.7 Å². The molecule has 0 radical (unpaired) electrons. The summed E-state index contributed by atoms with van der Waals surface area (Å²) in [5.41, 5.74) is 12.1. The number of nitrogens with zero attached hydrogens (tertiary/aromatic N) is 3. The van der Waals surface area contributed by atoms with Gasteiger partial charge in [0.25, 0.3) is 5.91 Å². The van der Waals surface area contributed by atoms with E-state index in [4.69, 9.17) is 5.73 Å². The first kappa shape index (κ1) is 32.7. The van der Waals surface area contributed by atoms with Gasteiger partial charge in [0.15, 0.2) is 0 Å². The number of nitrogens with one attached hydrogen (secondary N) is 1. The van der Waals surface area contributed by atoms with Crippen LogP contribution in [0.5, 0.6) is 0 Å². The van der Waals surface area contributed by atoms with Crippen molar-refractivity contribution in [3.05, 3.63) is 101 Å². The minimum absolute atomic E-state index is 0.00292. The van der Waals surface area contributed by atoms with E-state index in [9.17, 15) is 9.59 Å². The van der Waals surface area contributed by atoms with Gasteiger partial charge in [-0.15, -0.1) is 0 Å². The number of fused-ring (bicyclic) bond motifs is 1. The number of hydrogen-bond donors (Lipinski definition) is 2. The smallest absolute Gasteiger partial charge is 0.255 e. The third-order valence-electron chi connectivity index (χ3n) is 7.94. The van der Waals surface area contributed by atoms with Gasteiger partial charge < -0.3 is 16.0 Å². The summed E-state index contributed by atoms with van der Waals surface area (Å²) in [5.74, 6) is 0.591. The number of amidine groups is 1. The second-order valence-corrected chi connectivity index (χ2v) is 11.3. The Balaban J connectivity index is 0.00000216. The van der Waals surface area contributed by atoms with Crippen LogP contribution in [0.1, 0.15) is 86.3 Å². The number of anilines is 1. The van der Waals surface area contributed by atoms with Crippen LogP contribution in [0.3, 0.4) is 0 Å². The third-order valence-corrected chi connectivity index (χ3v) is 7.94. The second-order valence-electron chi connectivity index (χ2n) is 11.3. The van der Waals surface area contributed by atoms with Crippen molar-refractivity contribution in [1.82, 2.24) is 9.80 Å². The van der Waals surface area contributed by atoms with Crippen LogP contribution in [0.2, 0.25) is 0 Å². The first-order chi connectivity index (χ1) is 21.4. The number of rotatable bonds is 10. The van der Waals surface area contributed by atoms with Crippen molar-refractivity contribution < 1.29 is 9.59 Å². The van der Waals surface area contributed by atoms with Crippen molar-refractivity contribution in [2.75, 3.05) is 31.5 Å². The summed E-state index contributed by atoms with van der Waals surface area (Å²) in [6, 6.07) is 24.1. The van der Waals surface area contributed by atoms with E-state index in [2.05, 4.69) is 71.5 Å². The van der Waals surface area contributed by atoms with Crippen LogP contribution in [-0.4, -0.2) is 53.6 Å². The predicted octanol–water partition coefficient (Wildman–Crippen LogP) is 7.38. The fraction of sp³-hybridized carbons (Fsp3) is 0.378. The molecular weight excluding hydrogens is 546 g/mol. The molecule has 3 aromatic rings. The van der Waals surface area contributed by atoms with Gasteiger partial charge in [-0.2, -0.15) is 0 Å². The van der Waals surface area contributed by atoms with E-state index in [-0.39, 0.29) is 18.2 Å². The SMILES string of the molecule is CC.CCCN(CCC)C(=O)C1=Cc2ccc(C(=O)Nc3cccc(C4CCN(Cc5ccccc5)C4)c3)cc2N=C(N)C1.